The van der Waals surface area contributed by atoms with Crippen LogP contribution in [0.25, 0.3) is 0 Å². The molecule has 0 spiro atoms. The molecule has 2 aromatic rings. The molecule has 0 saturated carbocycles. The summed E-state index contributed by atoms with van der Waals surface area (Å²) >= 11 is 0. The van der Waals surface area contributed by atoms with Gasteiger partial charge >= 0.3 is 0 Å². The van der Waals surface area contributed by atoms with Crippen LogP contribution in [0.1, 0.15) is 36.9 Å². The summed E-state index contributed by atoms with van der Waals surface area (Å²) in [6, 6.07) is 19.4. The number of piperidine rings is 1. The fourth-order valence-electron chi connectivity index (χ4n) is 3.67. The van der Waals surface area contributed by atoms with E-state index in [1.807, 2.05) is 72.5 Å². The van der Waals surface area contributed by atoms with Gasteiger partial charge in [0.2, 0.25) is 11.8 Å². The van der Waals surface area contributed by atoms with Crippen LogP contribution in [0.3, 0.4) is 0 Å². The van der Waals surface area contributed by atoms with E-state index in [1.165, 1.54) is 0 Å². The third-order valence-electron chi connectivity index (χ3n) is 5.12. The van der Waals surface area contributed by atoms with E-state index in [2.05, 4.69) is 5.32 Å². The summed E-state index contributed by atoms with van der Waals surface area (Å²) in [4.78, 5) is 27.6. The summed E-state index contributed by atoms with van der Waals surface area (Å²) in [6.45, 7) is 2.78. The zero-order valence-corrected chi connectivity index (χ0v) is 15.7. The van der Waals surface area contributed by atoms with Crippen molar-refractivity contribution in [3.05, 3.63) is 71.8 Å². The number of carbonyl (C=O) groups is 2. The highest BCUT2D eigenvalue weighted by Gasteiger charge is 2.40. The van der Waals surface area contributed by atoms with E-state index in [0.29, 0.717) is 25.9 Å². The highest BCUT2D eigenvalue weighted by molar-refractivity contribution is 5.85. The molecule has 1 fully saturated rings. The second kappa shape index (κ2) is 8.82. The van der Waals surface area contributed by atoms with Crippen LogP contribution >= 0.6 is 0 Å². The van der Waals surface area contributed by atoms with Crippen LogP contribution in [-0.4, -0.2) is 29.3 Å². The van der Waals surface area contributed by atoms with Gasteiger partial charge in [-0.3, -0.25) is 9.59 Å². The first-order valence-corrected chi connectivity index (χ1v) is 9.49. The smallest absolute Gasteiger partial charge is 0.225 e. The molecule has 142 valence electrons. The number of nitrogens with one attached hydrogen (secondary N) is 1. The van der Waals surface area contributed by atoms with E-state index >= 15 is 0 Å². The van der Waals surface area contributed by atoms with Crippen molar-refractivity contribution in [2.75, 3.05) is 6.54 Å². The van der Waals surface area contributed by atoms with Crippen LogP contribution in [0.15, 0.2) is 60.7 Å². The number of nitrogens with zero attached hydrogens (tertiary/aromatic N) is 1. The number of carbonyl (C=O) groups excluding carboxylic acids is 2. The molecule has 0 aromatic heterocycles. The van der Waals surface area contributed by atoms with Crippen molar-refractivity contribution >= 4 is 11.8 Å². The monoisotopic (exact) mass is 365 g/mol. The second-order valence-electron chi connectivity index (χ2n) is 7.15. The fourth-order valence-corrected chi connectivity index (χ4v) is 3.67. The first kappa shape index (κ1) is 19.1. The molecule has 0 radical (unpaired) electrons. The Morgan fingerprint density at radius 2 is 1.78 bits per heavy atom. The summed E-state index contributed by atoms with van der Waals surface area (Å²) in [7, 11) is 0. The summed E-state index contributed by atoms with van der Waals surface area (Å²) in [5.74, 6) is -0.237. The molecular formula is C22H27N3O2. The zero-order chi connectivity index (χ0) is 19.2. The summed E-state index contributed by atoms with van der Waals surface area (Å²) < 4.78 is 0. The van der Waals surface area contributed by atoms with Gasteiger partial charge in [-0.15, -0.1) is 0 Å². The van der Waals surface area contributed by atoms with Crippen LogP contribution in [0, 0.1) is 5.92 Å². The first-order chi connectivity index (χ1) is 13.1. The lowest BCUT2D eigenvalue weighted by Gasteiger charge is -2.41. The lowest BCUT2D eigenvalue weighted by atomic mass is 9.83. The van der Waals surface area contributed by atoms with Crippen molar-refractivity contribution in [2.45, 2.75) is 38.4 Å². The highest BCUT2D eigenvalue weighted by atomic mass is 16.2. The normalized spacial score (nSPS) is 21.0. The molecule has 1 aliphatic rings. The molecular weight excluding hydrogens is 338 g/mol. The average molecular weight is 365 g/mol. The van der Waals surface area contributed by atoms with Gasteiger partial charge in [0.15, 0.2) is 0 Å². The molecule has 2 unspecified atom stereocenters. The third kappa shape index (κ3) is 4.55. The summed E-state index contributed by atoms with van der Waals surface area (Å²) in [5.41, 5.74) is 7.71. The van der Waals surface area contributed by atoms with Gasteiger partial charge in [0, 0.05) is 25.6 Å². The van der Waals surface area contributed by atoms with Crippen LogP contribution < -0.4 is 11.1 Å². The number of hydrogen-bond acceptors (Lipinski definition) is 3. The Kier molecular flexibility index (Phi) is 6.24. The Balaban J connectivity index is 1.93. The Bertz CT molecular complexity index is 764. The molecule has 2 aromatic carbocycles. The van der Waals surface area contributed by atoms with Crippen molar-refractivity contribution in [3.63, 3.8) is 0 Å². The Morgan fingerprint density at radius 1 is 1.15 bits per heavy atom. The molecule has 27 heavy (non-hydrogen) atoms. The van der Waals surface area contributed by atoms with Gasteiger partial charge in [0.05, 0.1) is 12.0 Å². The molecule has 0 aliphatic carbocycles. The molecule has 3 rings (SSSR count). The molecule has 1 saturated heterocycles. The average Bonchev–Trinajstić information content (AvgIpc) is 2.70. The van der Waals surface area contributed by atoms with E-state index < -0.39 is 0 Å². The molecule has 1 aliphatic heterocycles. The van der Waals surface area contributed by atoms with Crippen LogP contribution in [0.4, 0.5) is 0 Å². The van der Waals surface area contributed by atoms with Crippen molar-refractivity contribution < 1.29 is 9.59 Å². The SMILES string of the molecule is C[C@@H](CN)NC(=O)C1CCC(=O)N(Cc2ccccc2)C1c1ccccc1. The van der Waals surface area contributed by atoms with E-state index in [1.54, 1.807) is 0 Å². The fraction of sp³-hybridized carbons (Fsp3) is 0.364. The standard InChI is InChI=1S/C22H27N3O2/c1-16(14-23)24-22(27)19-12-13-20(26)25(15-17-8-4-2-5-9-17)21(19)18-10-6-3-7-11-18/h2-11,16,19,21H,12-15,23H2,1H3,(H,24,27)/t16-,19?,21?/m0/s1. The largest absolute Gasteiger partial charge is 0.352 e. The van der Waals surface area contributed by atoms with Crippen molar-refractivity contribution in [3.8, 4) is 0 Å². The van der Waals surface area contributed by atoms with Gasteiger partial charge in [-0.25, -0.2) is 0 Å². The van der Waals surface area contributed by atoms with Crippen molar-refractivity contribution in [1.29, 1.82) is 0 Å². The Hall–Kier alpha value is -2.66. The second-order valence-corrected chi connectivity index (χ2v) is 7.15. The van der Waals surface area contributed by atoms with Crippen molar-refractivity contribution in [1.82, 2.24) is 10.2 Å². The number of hydrogen-bond donors (Lipinski definition) is 2. The first-order valence-electron chi connectivity index (χ1n) is 9.49. The van der Waals surface area contributed by atoms with Gasteiger partial charge in [0.1, 0.15) is 0 Å². The van der Waals surface area contributed by atoms with Gasteiger partial charge in [-0.1, -0.05) is 60.7 Å². The minimum atomic E-state index is -0.289. The zero-order valence-electron chi connectivity index (χ0n) is 15.7. The number of amides is 2. The van der Waals surface area contributed by atoms with E-state index in [0.717, 1.165) is 11.1 Å². The maximum absolute atomic E-state index is 13.0. The Morgan fingerprint density at radius 3 is 2.41 bits per heavy atom. The minimum Gasteiger partial charge on any atom is -0.352 e. The molecule has 1 heterocycles. The summed E-state index contributed by atoms with van der Waals surface area (Å²) in [5, 5.41) is 3.00. The maximum Gasteiger partial charge on any atom is 0.225 e. The van der Waals surface area contributed by atoms with E-state index in [9.17, 15) is 9.59 Å². The molecule has 3 atom stereocenters. The molecule has 5 heteroatoms. The van der Waals surface area contributed by atoms with Gasteiger partial charge in [0.25, 0.3) is 0 Å². The van der Waals surface area contributed by atoms with E-state index in [4.69, 9.17) is 5.73 Å². The van der Waals surface area contributed by atoms with Gasteiger partial charge in [-0.2, -0.15) is 0 Å². The van der Waals surface area contributed by atoms with Crippen LogP contribution in [0.5, 0.6) is 0 Å². The van der Waals surface area contributed by atoms with Crippen LogP contribution in [-0.2, 0) is 16.1 Å². The molecule has 3 N–H and O–H groups in total. The minimum absolute atomic E-state index is 0.0348. The predicted octanol–water partition coefficient (Wildman–Crippen LogP) is 2.63. The maximum atomic E-state index is 13.0. The lowest BCUT2D eigenvalue weighted by Crippen LogP contribution is -2.50. The third-order valence-corrected chi connectivity index (χ3v) is 5.12. The van der Waals surface area contributed by atoms with Crippen LogP contribution in [0.2, 0.25) is 0 Å². The number of rotatable bonds is 6. The number of likely N-dealkylation sites (tertiary alicyclic amines) is 1. The number of nitrogens with two attached hydrogens (primary N) is 1. The van der Waals surface area contributed by atoms with E-state index in [-0.39, 0.29) is 29.8 Å². The van der Waals surface area contributed by atoms with Gasteiger partial charge < -0.3 is 16.0 Å². The number of benzene rings is 2. The molecule has 2 amide bonds. The predicted molar refractivity (Wildman–Crippen MR) is 106 cm³/mol. The molecule has 0 bridgehead atoms. The highest BCUT2D eigenvalue weighted by Crippen LogP contribution is 2.38. The lowest BCUT2D eigenvalue weighted by molar-refractivity contribution is -0.144. The Labute approximate surface area is 160 Å². The molecule has 5 nitrogen and oxygen atoms in total. The summed E-state index contributed by atoms with van der Waals surface area (Å²) in [6.07, 6.45) is 0.929. The quantitative estimate of drug-likeness (QED) is 0.826. The van der Waals surface area contributed by atoms with Crippen molar-refractivity contribution in [2.24, 2.45) is 11.7 Å². The van der Waals surface area contributed by atoms with Gasteiger partial charge in [-0.05, 0) is 24.5 Å². The topological polar surface area (TPSA) is 75.4 Å².